The molecule has 1 rings (SSSR count). The fourth-order valence-electron chi connectivity index (χ4n) is 5.21. The topological polar surface area (TPSA) is 41.5 Å². The number of quaternary nitrogens is 1. The van der Waals surface area contributed by atoms with Crippen LogP contribution in [0.15, 0.2) is 17.1 Å². The third-order valence-corrected chi connectivity index (χ3v) is 7.55. The highest BCUT2D eigenvalue weighted by Crippen LogP contribution is 2.20. The molecule has 0 aromatic carbocycles. The average Bonchev–Trinajstić information content (AvgIpc) is 3.23. The van der Waals surface area contributed by atoms with Gasteiger partial charge in [0, 0.05) is 13.3 Å². The first-order valence-corrected chi connectivity index (χ1v) is 14.9. The number of aliphatic imine (C=N–C) groups is 1. The van der Waals surface area contributed by atoms with Crippen molar-refractivity contribution >= 4 is 11.7 Å². The van der Waals surface area contributed by atoms with Gasteiger partial charge in [-0.25, -0.2) is 4.99 Å². The fourth-order valence-corrected chi connectivity index (χ4v) is 5.21. The second-order valence-corrected chi connectivity index (χ2v) is 10.4. The van der Waals surface area contributed by atoms with E-state index >= 15 is 0 Å². The van der Waals surface area contributed by atoms with Crippen molar-refractivity contribution in [3.63, 3.8) is 0 Å². The van der Waals surface area contributed by atoms with Crippen LogP contribution < -0.4 is 5.32 Å². The molecule has 4 nitrogen and oxygen atoms in total. The smallest absolute Gasteiger partial charge is 0.217 e. The van der Waals surface area contributed by atoms with Crippen molar-refractivity contribution < 1.29 is 9.28 Å². The van der Waals surface area contributed by atoms with Crippen molar-refractivity contribution in [2.45, 2.75) is 136 Å². The SMILES string of the molecule is CCCCCC/C=C/CCCCCCCCCCCCCC1=NCC[N+]1(CC)CCNC(C)=O. The Bertz CT molecular complexity index is 557. The quantitative estimate of drug-likeness (QED) is 0.0906. The predicted molar refractivity (Wildman–Crippen MR) is 149 cm³/mol. The van der Waals surface area contributed by atoms with Crippen LogP contribution in [0.4, 0.5) is 0 Å². The zero-order chi connectivity index (χ0) is 24.7. The lowest BCUT2D eigenvalue weighted by atomic mass is 10.0. The molecule has 0 fully saturated rings. The van der Waals surface area contributed by atoms with Crippen molar-refractivity contribution in [1.29, 1.82) is 0 Å². The van der Waals surface area contributed by atoms with Crippen molar-refractivity contribution in [1.82, 2.24) is 5.32 Å². The molecule has 4 heteroatoms. The minimum absolute atomic E-state index is 0.0724. The summed E-state index contributed by atoms with van der Waals surface area (Å²) in [5.74, 6) is 1.46. The molecule has 0 radical (unpaired) electrons. The van der Waals surface area contributed by atoms with Gasteiger partial charge in [0.05, 0.1) is 19.6 Å². The van der Waals surface area contributed by atoms with Gasteiger partial charge in [-0.15, -0.1) is 0 Å². The van der Waals surface area contributed by atoms with Gasteiger partial charge in [-0.3, -0.25) is 9.28 Å². The minimum atomic E-state index is 0.0724. The van der Waals surface area contributed by atoms with Gasteiger partial charge in [0.15, 0.2) is 5.84 Å². The van der Waals surface area contributed by atoms with Gasteiger partial charge in [0.25, 0.3) is 0 Å². The number of amides is 1. The number of allylic oxidation sites excluding steroid dienone is 2. The molecule has 1 heterocycles. The van der Waals surface area contributed by atoms with Gasteiger partial charge in [-0.2, -0.15) is 0 Å². The first-order chi connectivity index (χ1) is 16.6. The largest absolute Gasteiger partial charge is 0.351 e. The second-order valence-electron chi connectivity index (χ2n) is 10.4. The summed E-state index contributed by atoms with van der Waals surface area (Å²) in [6, 6.07) is 0. The number of hydrogen-bond donors (Lipinski definition) is 1. The summed E-state index contributed by atoms with van der Waals surface area (Å²) >= 11 is 0. The van der Waals surface area contributed by atoms with Crippen LogP contribution in [0.2, 0.25) is 0 Å². The summed E-state index contributed by atoms with van der Waals surface area (Å²) < 4.78 is 0.996. The van der Waals surface area contributed by atoms with E-state index in [4.69, 9.17) is 4.99 Å². The monoisotopic (exact) mass is 476 g/mol. The van der Waals surface area contributed by atoms with Crippen LogP contribution >= 0.6 is 0 Å². The Hall–Kier alpha value is -1.16. The zero-order valence-electron chi connectivity index (χ0n) is 23.2. The molecule has 198 valence electrons. The Balaban J connectivity index is 1.91. The van der Waals surface area contributed by atoms with Crippen LogP contribution in [0, 0.1) is 0 Å². The van der Waals surface area contributed by atoms with E-state index in [2.05, 4.69) is 31.3 Å². The number of nitrogens with zero attached hydrogens (tertiary/aromatic N) is 2. The lowest BCUT2D eigenvalue weighted by Gasteiger charge is -2.33. The van der Waals surface area contributed by atoms with Gasteiger partial charge < -0.3 is 5.32 Å². The summed E-state index contributed by atoms with van der Waals surface area (Å²) in [4.78, 5) is 16.0. The Morgan fingerprint density at radius 3 is 1.88 bits per heavy atom. The highest BCUT2D eigenvalue weighted by atomic mass is 16.1. The lowest BCUT2D eigenvalue weighted by molar-refractivity contribution is -0.833. The summed E-state index contributed by atoms with van der Waals surface area (Å²) in [6.45, 7) is 11.1. The maximum atomic E-state index is 11.2. The number of carbonyl (C=O) groups excluding carboxylic acids is 1. The van der Waals surface area contributed by atoms with Crippen LogP contribution in [0.25, 0.3) is 0 Å². The fraction of sp³-hybridized carbons (Fsp3) is 0.867. The number of likely N-dealkylation sites (N-methyl/N-ethyl adjacent to an activating group) is 1. The summed E-state index contributed by atoms with van der Waals surface area (Å²) in [5, 5.41) is 2.97. The van der Waals surface area contributed by atoms with E-state index in [1.54, 1.807) is 6.92 Å². The molecule has 0 aliphatic carbocycles. The molecule has 0 aromatic rings. The summed E-state index contributed by atoms with van der Waals surface area (Å²) in [7, 11) is 0. The van der Waals surface area contributed by atoms with E-state index in [9.17, 15) is 4.79 Å². The Labute approximate surface area is 212 Å². The first-order valence-electron chi connectivity index (χ1n) is 14.9. The average molecular weight is 477 g/mol. The maximum absolute atomic E-state index is 11.2. The molecule has 0 aromatic heterocycles. The van der Waals surface area contributed by atoms with Crippen LogP contribution in [0.3, 0.4) is 0 Å². The third-order valence-electron chi connectivity index (χ3n) is 7.55. The third kappa shape index (κ3) is 15.0. The molecule has 0 spiro atoms. The number of rotatable bonds is 23. The van der Waals surface area contributed by atoms with Crippen molar-refractivity contribution in [3.8, 4) is 0 Å². The van der Waals surface area contributed by atoms with Crippen molar-refractivity contribution in [3.05, 3.63) is 12.2 Å². The summed E-state index contributed by atoms with van der Waals surface area (Å²) in [6.07, 6.45) is 29.3. The Morgan fingerprint density at radius 1 is 0.824 bits per heavy atom. The number of nitrogens with one attached hydrogen (secondary N) is 1. The molecule has 1 aliphatic rings. The van der Waals surface area contributed by atoms with Crippen LogP contribution in [0.1, 0.15) is 136 Å². The maximum Gasteiger partial charge on any atom is 0.217 e. The standard InChI is InChI=1S/C30H57N3O/c1-4-6-7-8-9-10-11-12-13-14-15-16-17-18-19-20-21-22-23-24-30-32-26-28-33(30,5-2)27-25-31-29(3)34/h10-11H,4-9,12-28H2,1-3H3/p+1/b11-10+. The highest BCUT2D eigenvalue weighted by Gasteiger charge is 2.35. The van der Waals surface area contributed by atoms with Crippen LogP contribution in [0.5, 0.6) is 0 Å². The van der Waals surface area contributed by atoms with E-state index < -0.39 is 0 Å². The second kappa shape index (κ2) is 21.1. The predicted octanol–water partition coefficient (Wildman–Crippen LogP) is 7.97. The van der Waals surface area contributed by atoms with E-state index in [-0.39, 0.29) is 5.91 Å². The van der Waals surface area contributed by atoms with E-state index in [1.165, 1.54) is 115 Å². The number of hydrogen-bond acceptors (Lipinski definition) is 2. The van der Waals surface area contributed by atoms with Crippen LogP contribution in [-0.4, -0.2) is 48.9 Å². The molecule has 1 aliphatic heterocycles. The Kier molecular flexibility index (Phi) is 19.2. The van der Waals surface area contributed by atoms with E-state index in [0.29, 0.717) is 0 Å². The van der Waals surface area contributed by atoms with Gasteiger partial charge in [-0.05, 0) is 39.0 Å². The normalized spacial score (nSPS) is 18.0. The molecule has 0 bridgehead atoms. The lowest BCUT2D eigenvalue weighted by Crippen LogP contribution is -2.54. The number of carbonyl (C=O) groups is 1. The first kappa shape index (κ1) is 30.9. The molecule has 1 atom stereocenters. The molecule has 1 amide bonds. The van der Waals surface area contributed by atoms with E-state index in [1.807, 2.05) is 0 Å². The minimum Gasteiger partial charge on any atom is -0.351 e. The van der Waals surface area contributed by atoms with Gasteiger partial charge >= 0.3 is 0 Å². The van der Waals surface area contributed by atoms with Crippen molar-refractivity contribution in [2.75, 3.05) is 32.7 Å². The van der Waals surface area contributed by atoms with Crippen molar-refractivity contribution in [2.24, 2.45) is 4.99 Å². The molecular formula is C30H58N3O+. The highest BCUT2D eigenvalue weighted by molar-refractivity contribution is 5.77. The molecule has 0 saturated carbocycles. The van der Waals surface area contributed by atoms with Gasteiger partial charge in [-0.1, -0.05) is 96.1 Å². The molecule has 1 unspecified atom stereocenters. The number of amidine groups is 1. The molecule has 0 saturated heterocycles. The van der Waals surface area contributed by atoms with Crippen LogP contribution in [-0.2, 0) is 4.79 Å². The van der Waals surface area contributed by atoms with E-state index in [0.717, 1.165) is 43.6 Å². The molecule has 34 heavy (non-hydrogen) atoms. The Morgan fingerprint density at radius 2 is 1.35 bits per heavy atom. The zero-order valence-corrected chi connectivity index (χ0v) is 23.2. The molecule has 1 N–H and O–H groups in total. The van der Waals surface area contributed by atoms with Gasteiger partial charge in [0.1, 0.15) is 13.1 Å². The number of unbranched alkanes of at least 4 members (excludes halogenated alkanes) is 15. The summed E-state index contributed by atoms with van der Waals surface area (Å²) in [5.41, 5.74) is 0. The molecular weight excluding hydrogens is 418 g/mol. The van der Waals surface area contributed by atoms with Gasteiger partial charge in [0.2, 0.25) is 5.91 Å².